The molecule has 1 aromatic rings. The van der Waals surface area contributed by atoms with Crippen LogP contribution in [0.1, 0.15) is 32.3 Å². The SMILES string of the molecule is CC(C)(O)c1ccc(OC2CC2)c(Br)c1. The quantitative estimate of drug-likeness (QED) is 0.914. The number of hydrogen-bond donors (Lipinski definition) is 1. The van der Waals surface area contributed by atoms with Gasteiger partial charge in [-0.2, -0.15) is 0 Å². The van der Waals surface area contributed by atoms with Crippen LogP contribution in [0.2, 0.25) is 0 Å². The van der Waals surface area contributed by atoms with Crippen LogP contribution in [0.15, 0.2) is 22.7 Å². The van der Waals surface area contributed by atoms with Gasteiger partial charge in [-0.15, -0.1) is 0 Å². The smallest absolute Gasteiger partial charge is 0.133 e. The largest absolute Gasteiger partial charge is 0.489 e. The maximum absolute atomic E-state index is 9.84. The molecule has 0 unspecified atom stereocenters. The molecule has 0 aromatic heterocycles. The number of halogens is 1. The monoisotopic (exact) mass is 270 g/mol. The van der Waals surface area contributed by atoms with Crippen molar-refractivity contribution in [2.45, 2.75) is 38.4 Å². The molecule has 1 aliphatic rings. The number of aliphatic hydroxyl groups is 1. The topological polar surface area (TPSA) is 29.5 Å². The summed E-state index contributed by atoms with van der Waals surface area (Å²) in [6.45, 7) is 3.55. The molecule has 1 N–H and O–H groups in total. The highest BCUT2D eigenvalue weighted by Gasteiger charge is 2.25. The Bertz CT molecular complexity index is 364. The molecule has 15 heavy (non-hydrogen) atoms. The highest BCUT2D eigenvalue weighted by molar-refractivity contribution is 9.10. The van der Waals surface area contributed by atoms with Crippen LogP contribution in [0, 0.1) is 0 Å². The zero-order valence-corrected chi connectivity index (χ0v) is 10.5. The second kappa shape index (κ2) is 3.80. The van der Waals surface area contributed by atoms with Gasteiger partial charge in [0.05, 0.1) is 16.2 Å². The van der Waals surface area contributed by atoms with Crippen molar-refractivity contribution in [2.75, 3.05) is 0 Å². The third kappa shape index (κ3) is 2.73. The van der Waals surface area contributed by atoms with Gasteiger partial charge in [-0.05, 0) is 60.3 Å². The molecule has 2 rings (SSSR count). The van der Waals surface area contributed by atoms with E-state index in [-0.39, 0.29) is 0 Å². The molecule has 1 fully saturated rings. The lowest BCUT2D eigenvalue weighted by Gasteiger charge is -2.19. The molecule has 1 aromatic carbocycles. The Morgan fingerprint density at radius 3 is 2.53 bits per heavy atom. The van der Waals surface area contributed by atoms with Gasteiger partial charge in [-0.25, -0.2) is 0 Å². The van der Waals surface area contributed by atoms with E-state index in [4.69, 9.17) is 4.74 Å². The summed E-state index contributed by atoms with van der Waals surface area (Å²) in [6, 6.07) is 5.73. The number of hydrogen-bond acceptors (Lipinski definition) is 2. The highest BCUT2D eigenvalue weighted by Crippen LogP contribution is 2.34. The van der Waals surface area contributed by atoms with Crippen molar-refractivity contribution in [2.24, 2.45) is 0 Å². The Labute approximate surface area is 98.4 Å². The minimum Gasteiger partial charge on any atom is -0.489 e. The Morgan fingerprint density at radius 2 is 2.07 bits per heavy atom. The highest BCUT2D eigenvalue weighted by atomic mass is 79.9. The summed E-state index contributed by atoms with van der Waals surface area (Å²) in [6.07, 6.45) is 2.70. The molecule has 0 aliphatic heterocycles. The fourth-order valence-corrected chi connectivity index (χ4v) is 1.81. The number of ether oxygens (including phenoxy) is 1. The molecule has 0 bridgehead atoms. The summed E-state index contributed by atoms with van der Waals surface area (Å²) in [4.78, 5) is 0. The molecular formula is C12H15BrO2. The van der Waals surface area contributed by atoms with Gasteiger partial charge in [-0.3, -0.25) is 0 Å². The zero-order chi connectivity index (χ0) is 11.1. The summed E-state index contributed by atoms with van der Waals surface area (Å²) < 4.78 is 6.61. The lowest BCUT2D eigenvalue weighted by atomic mass is 9.99. The third-order valence-electron chi connectivity index (χ3n) is 2.46. The normalized spacial score (nSPS) is 16.5. The van der Waals surface area contributed by atoms with Gasteiger partial charge in [0.2, 0.25) is 0 Å². The summed E-state index contributed by atoms with van der Waals surface area (Å²) in [7, 11) is 0. The molecular weight excluding hydrogens is 256 g/mol. The number of benzene rings is 1. The molecule has 0 saturated heterocycles. The predicted octanol–water partition coefficient (Wildman–Crippen LogP) is 3.22. The maximum atomic E-state index is 9.84. The third-order valence-corrected chi connectivity index (χ3v) is 3.08. The Balaban J connectivity index is 2.21. The van der Waals surface area contributed by atoms with E-state index in [1.54, 1.807) is 13.8 Å². The average molecular weight is 271 g/mol. The van der Waals surface area contributed by atoms with E-state index in [9.17, 15) is 5.11 Å². The number of rotatable bonds is 3. The second-order valence-corrected chi connectivity index (χ2v) is 5.38. The molecule has 0 heterocycles. The fraction of sp³-hybridized carbons (Fsp3) is 0.500. The van der Waals surface area contributed by atoms with Crippen molar-refractivity contribution in [1.29, 1.82) is 0 Å². The van der Waals surface area contributed by atoms with Gasteiger partial charge >= 0.3 is 0 Å². The van der Waals surface area contributed by atoms with Gasteiger partial charge in [-0.1, -0.05) is 6.07 Å². The maximum Gasteiger partial charge on any atom is 0.133 e. The molecule has 0 radical (unpaired) electrons. The molecule has 82 valence electrons. The lowest BCUT2D eigenvalue weighted by Crippen LogP contribution is -2.15. The van der Waals surface area contributed by atoms with E-state index in [2.05, 4.69) is 15.9 Å². The van der Waals surface area contributed by atoms with Gasteiger partial charge in [0.1, 0.15) is 5.75 Å². The second-order valence-electron chi connectivity index (χ2n) is 4.52. The van der Waals surface area contributed by atoms with Crippen molar-refractivity contribution in [1.82, 2.24) is 0 Å². The van der Waals surface area contributed by atoms with Crippen molar-refractivity contribution < 1.29 is 9.84 Å². The fourth-order valence-electron chi connectivity index (χ4n) is 1.34. The Hall–Kier alpha value is -0.540. The molecule has 0 amide bonds. The van der Waals surface area contributed by atoms with Gasteiger partial charge in [0.15, 0.2) is 0 Å². The average Bonchev–Trinajstić information content (AvgIpc) is 2.90. The van der Waals surface area contributed by atoms with Crippen LogP contribution in [0.3, 0.4) is 0 Å². The zero-order valence-electron chi connectivity index (χ0n) is 8.96. The van der Waals surface area contributed by atoms with Crippen molar-refractivity contribution >= 4 is 15.9 Å². The summed E-state index contributed by atoms with van der Waals surface area (Å²) in [5.41, 5.74) is 0.0817. The van der Waals surface area contributed by atoms with Gasteiger partial charge in [0, 0.05) is 0 Å². The summed E-state index contributed by atoms with van der Waals surface area (Å²) in [5, 5.41) is 9.84. The standard InChI is InChI=1S/C12H15BrO2/c1-12(2,14)8-3-6-11(10(13)7-8)15-9-4-5-9/h3,6-7,9,14H,4-5H2,1-2H3. The Morgan fingerprint density at radius 1 is 1.40 bits per heavy atom. The molecule has 2 nitrogen and oxygen atoms in total. The predicted molar refractivity (Wildman–Crippen MR) is 63.0 cm³/mol. The first-order valence-corrected chi connectivity index (χ1v) is 5.95. The summed E-state index contributed by atoms with van der Waals surface area (Å²) in [5.74, 6) is 0.866. The van der Waals surface area contributed by atoms with E-state index < -0.39 is 5.60 Å². The molecule has 1 aliphatic carbocycles. The van der Waals surface area contributed by atoms with Crippen LogP contribution in [0.4, 0.5) is 0 Å². The van der Waals surface area contributed by atoms with Gasteiger partial charge in [0.25, 0.3) is 0 Å². The van der Waals surface area contributed by atoms with E-state index in [1.165, 1.54) is 0 Å². The van der Waals surface area contributed by atoms with E-state index in [0.717, 1.165) is 28.6 Å². The van der Waals surface area contributed by atoms with Crippen LogP contribution in [0.25, 0.3) is 0 Å². The molecule has 0 atom stereocenters. The Kier molecular flexibility index (Phi) is 2.77. The first-order valence-electron chi connectivity index (χ1n) is 5.16. The van der Waals surface area contributed by atoms with Crippen LogP contribution in [0.5, 0.6) is 5.75 Å². The minimum atomic E-state index is -0.805. The van der Waals surface area contributed by atoms with Crippen molar-refractivity contribution in [3.05, 3.63) is 28.2 Å². The van der Waals surface area contributed by atoms with Crippen LogP contribution in [-0.2, 0) is 5.60 Å². The molecule has 1 saturated carbocycles. The van der Waals surface area contributed by atoms with E-state index in [1.807, 2.05) is 18.2 Å². The molecule has 3 heteroatoms. The van der Waals surface area contributed by atoms with E-state index >= 15 is 0 Å². The van der Waals surface area contributed by atoms with E-state index in [0.29, 0.717) is 6.10 Å². The van der Waals surface area contributed by atoms with Crippen LogP contribution >= 0.6 is 15.9 Å². The minimum absolute atomic E-state index is 0.397. The summed E-state index contributed by atoms with van der Waals surface area (Å²) >= 11 is 3.46. The van der Waals surface area contributed by atoms with Crippen molar-refractivity contribution in [3.8, 4) is 5.75 Å². The molecule has 0 spiro atoms. The van der Waals surface area contributed by atoms with Crippen molar-refractivity contribution in [3.63, 3.8) is 0 Å². The van der Waals surface area contributed by atoms with Crippen LogP contribution in [-0.4, -0.2) is 11.2 Å². The first kappa shape index (κ1) is 11.0. The first-order chi connectivity index (χ1) is 6.97. The van der Waals surface area contributed by atoms with Crippen LogP contribution < -0.4 is 4.74 Å². The lowest BCUT2D eigenvalue weighted by molar-refractivity contribution is 0.0784. The van der Waals surface area contributed by atoms with Gasteiger partial charge < -0.3 is 9.84 Å².